The Morgan fingerprint density at radius 1 is 1.36 bits per heavy atom. The molecule has 2 aromatic heterocycles. The van der Waals surface area contributed by atoms with Crippen LogP contribution >= 0.6 is 0 Å². The van der Waals surface area contributed by atoms with Crippen LogP contribution in [0.1, 0.15) is 11.3 Å². The molecular formula is C14H11N5O3. The molecule has 110 valence electrons. The molecular weight excluding hydrogens is 286 g/mol. The van der Waals surface area contributed by atoms with E-state index in [4.69, 9.17) is 4.42 Å². The smallest absolute Gasteiger partial charge is 0.348 e. The summed E-state index contributed by atoms with van der Waals surface area (Å²) in [5.41, 5.74) is 0.656. The van der Waals surface area contributed by atoms with E-state index in [1.165, 1.54) is 23.3 Å². The van der Waals surface area contributed by atoms with Crippen molar-refractivity contribution in [2.45, 2.75) is 6.92 Å². The van der Waals surface area contributed by atoms with Gasteiger partial charge in [-0.1, -0.05) is 6.07 Å². The molecule has 3 rings (SSSR count). The zero-order valence-electron chi connectivity index (χ0n) is 11.5. The third-order valence-electron chi connectivity index (χ3n) is 2.88. The Hall–Kier alpha value is -3.29. The van der Waals surface area contributed by atoms with E-state index in [0.29, 0.717) is 11.4 Å². The normalized spacial score (nSPS) is 11.1. The average molecular weight is 297 g/mol. The van der Waals surface area contributed by atoms with Crippen LogP contribution in [0.3, 0.4) is 0 Å². The van der Waals surface area contributed by atoms with Crippen LogP contribution in [-0.2, 0) is 0 Å². The lowest BCUT2D eigenvalue weighted by atomic mass is 10.2. The van der Waals surface area contributed by atoms with Crippen LogP contribution in [0.15, 0.2) is 50.9 Å². The summed E-state index contributed by atoms with van der Waals surface area (Å²) in [5, 5.41) is 20.7. The molecule has 0 radical (unpaired) electrons. The Kier molecular flexibility index (Phi) is 3.48. The van der Waals surface area contributed by atoms with Gasteiger partial charge >= 0.3 is 5.63 Å². The molecule has 0 amide bonds. The number of tetrazole rings is 1. The molecule has 3 aromatic rings. The largest absolute Gasteiger partial charge is 0.507 e. The van der Waals surface area contributed by atoms with Crippen LogP contribution in [0.2, 0.25) is 0 Å². The van der Waals surface area contributed by atoms with E-state index < -0.39 is 5.63 Å². The van der Waals surface area contributed by atoms with Crippen molar-refractivity contribution in [3.63, 3.8) is 0 Å². The Morgan fingerprint density at radius 2 is 2.23 bits per heavy atom. The van der Waals surface area contributed by atoms with Crippen molar-refractivity contribution in [3.05, 3.63) is 58.4 Å². The molecule has 0 aliphatic rings. The number of aryl methyl sites for hydroxylation is 1. The highest BCUT2D eigenvalue weighted by atomic mass is 16.4. The van der Waals surface area contributed by atoms with Gasteiger partial charge in [0.1, 0.15) is 23.4 Å². The molecule has 0 atom stereocenters. The number of hydrogen-bond acceptors (Lipinski definition) is 7. The highest BCUT2D eigenvalue weighted by Crippen LogP contribution is 2.18. The molecule has 0 aliphatic carbocycles. The first-order valence-electron chi connectivity index (χ1n) is 6.35. The van der Waals surface area contributed by atoms with Crippen LogP contribution in [0.25, 0.3) is 5.69 Å². The third-order valence-corrected chi connectivity index (χ3v) is 2.88. The van der Waals surface area contributed by atoms with Crippen molar-refractivity contribution in [1.82, 2.24) is 20.2 Å². The molecule has 1 aromatic carbocycles. The fraction of sp³-hybridized carbons (Fsp3) is 0.0714. The van der Waals surface area contributed by atoms with Crippen molar-refractivity contribution in [2.24, 2.45) is 4.99 Å². The fourth-order valence-electron chi connectivity index (χ4n) is 1.86. The van der Waals surface area contributed by atoms with E-state index >= 15 is 0 Å². The number of aromatic nitrogens is 4. The first kappa shape index (κ1) is 13.7. The monoisotopic (exact) mass is 297 g/mol. The number of aliphatic imine (C=N–C) groups is 1. The van der Waals surface area contributed by atoms with Crippen LogP contribution in [0.5, 0.6) is 5.75 Å². The van der Waals surface area contributed by atoms with Gasteiger partial charge < -0.3 is 9.52 Å². The molecule has 8 heteroatoms. The van der Waals surface area contributed by atoms with Crippen LogP contribution in [0, 0.1) is 6.92 Å². The summed E-state index contributed by atoms with van der Waals surface area (Å²) >= 11 is 0. The number of benzene rings is 1. The van der Waals surface area contributed by atoms with Crippen molar-refractivity contribution >= 4 is 11.9 Å². The highest BCUT2D eigenvalue weighted by molar-refractivity contribution is 5.84. The van der Waals surface area contributed by atoms with Crippen molar-refractivity contribution in [2.75, 3.05) is 0 Å². The van der Waals surface area contributed by atoms with Gasteiger partial charge in [-0.15, -0.1) is 5.10 Å². The van der Waals surface area contributed by atoms with Gasteiger partial charge in [-0.3, -0.25) is 4.99 Å². The summed E-state index contributed by atoms with van der Waals surface area (Å²) in [7, 11) is 0. The van der Waals surface area contributed by atoms with E-state index in [1.54, 1.807) is 25.1 Å². The van der Waals surface area contributed by atoms with Crippen molar-refractivity contribution in [1.29, 1.82) is 0 Å². The molecule has 8 nitrogen and oxygen atoms in total. The topological polar surface area (TPSA) is 106 Å². The molecule has 0 bridgehead atoms. The van der Waals surface area contributed by atoms with E-state index in [2.05, 4.69) is 20.5 Å². The van der Waals surface area contributed by atoms with E-state index in [1.807, 2.05) is 6.07 Å². The molecule has 0 saturated heterocycles. The lowest BCUT2D eigenvalue weighted by Crippen LogP contribution is -2.07. The van der Waals surface area contributed by atoms with Gasteiger partial charge in [0.05, 0.1) is 11.4 Å². The Balaban J connectivity index is 1.94. The Labute approximate surface area is 124 Å². The third kappa shape index (κ3) is 2.75. The second kappa shape index (κ2) is 5.60. The van der Waals surface area contributed by atoms with Crippen LogP contribution < -0.4 is 5.63 Å². The standard InChI is InChI=1S/C14H11N5O3/c1-9-5-13(20)12(14(21)22-9)7-15-10-3-2-4-11(6-10)19-8-16-17-18-19/h2-8,20H,1H3. The highest BCUT2D eigenvalue weighted by Gasteiger charge is 2.07. The summed E-state index contributed by atoms with van der Waals surface area (Å²) in [6, 6.07) is 8.44. The zero-order valence-corrected chi connectivity index (χ0v) is 11.5. The van der Waals surface area contributed by atoms with Gasteiger partial charge in [0, 0.05) is 12.3 Å². The van der Waals surface area contributed by atoms with Gasteiger partial charge in [0.15, 0.2) is 0 Å². The minimum Gasteiger partial charge on any atom is -0.507 e. The lowest BCUT2D eigenvalue weighted by molar-refractivity contribution is 0.433. The number of aromatic hydroxyl groups is 1. The summed E-state index contributed by atoms with van der Waals surface area (Å²) in [4.78, 5) is 15.9. The molecule has 0 spiro atoms. The quantitative estimate of drug-likeness (QED) is 0.732. The number of rotatable bonds is 3. The number of hydrogen-bond donors (Lipinski definition) is 1. The molecule has 0 aliphatic heterocycles. The molecule has 22 heavy (non-hydrogen) atoms. The van der Waals surface area contributed by atoms with Gasteiger partial charge in [0.25, 0.3) is 0 Å². The molecule has 2 heterocycles. The first-order chi connectivity index (χ1) is 10.6. The summed E-state index contributed by atoms with van der Waals surface area (Å²) in [6.45, 7) is 1.58. The Bertz CT molecular complexity index is 884. The minimum atomic E-state index is -0.641. The summed E-state index contributed by atoms with van der Waals surface area (Å²) in [6.07, 6.45) is 2.72. The molecule has 0 saturated carbocycles. The summed E-state index contributed by atoms with van der Waals surface area (Å²) in [5.74, 6) is 0.162. The van der Waals surface area contributed by atoms with Crippen molar-refractivity contribution in [3.8, 4) is 11.4 Å². The second-order valence-corrected chi connectivity index (χ2v) is 4.48. The summed E-state index contributed by atoms with van der Waals surface area (Å²) < 4.78 is 6.41. The van der Waals surface area contributed by atoms with Crippen LogP contribution in [-0.4, -0.2) is 31.5 Å². The minimum absolute atomic E-state index is 0.00146. The maximum atomic E-state index is 11.7. The van der Waals surface area contributed by atoms with Crippen molar-refractivity contribution < 1.29 is 9.52 Å². The SMILES string of the molecule is Cc1cc(O)c(C=Nc2cccc(-n3cnnn3)c2)c(=O)o1. The molecule has 0 fully saturated rings. The molecule has 0 unspecified atom stereocenters. The first-order valence-corrected chi connectivity index (χ1v) is 6.35. The fourth-order valence-corrected chi connectivity index (χ4v) is 1.86. The Morgan fingerprint density at radius 3 is 2.95 bits per heavy atom. The van der Waals surface area contributed by atoms with Gasteiger partial charge in [0.2, 0.25) is 0 Å². The maximum Gasteiger partial charge on any atom is 0.348 e. The van der Waals surface area contributed by atoms with E-state index in [-0.39, 0.29) is 11.3 Å². The second-order valence-electron chi connectivity index (χ2n) is 4.48. The predicted molar refractivity (Wildman–Crippen MR) is 77.8 cm³/mol. The van der Waals surface area contributed by atoms with Gasteiger partial charge in [-0.25, -0.2) is 9.48 Å². The zero-order chi connectivity index (χ0) is 15.5. The van der Waals surface area contributed by atoms with Gasteiger partial charge in [-0.05, 0) is 35.5 Å². The average Bonchev–Trinajstić information content (AvgIpc) is 3.00. The maximum absolute atomic E-state index is 11.7. The number of nitrogens with zero attached hydrogens (tertiary/aromatic N) is 5. The van der Waals surface area contributed by atoms with E-state index in [0.717, 1.165) is 5.69 Å². The van der Waals surface area contributed by atoms with E-state index in [9.17, 15) is 9.90 Å². The van der Waals surface area contributed by atoms with Crippen LogP contribution in [0.4, 0.5) is 5.69 Å². The predicted octanol–water partition coefficient (Wildman–Crippen LogP) is 1.38. The van der Waals surface area contributed by atoms with Gasteiger partial charge in [-0.2, -0.15) is 0 Å². The molecule has 1 N–H and O–H groups in total. The lowest BCUT2D eigenvalue weighted by Gasteiger charge is -2.01.